The molecule has 0 heterocycles. The van der Waals surface area contributed by atoms with Crippen LogP contribution in [0.25, 0.3) is 17.2 Å². The van der Waals surface area contributed by atoms with E-state index < -0.39 is 8.07 Å². The molecular weight excluding hydrogens is 440 g/mol. The van der Waals surface area contributed by atoms with Crippen molar-refractivity contribution in [1.29, 1.82) is 0 Å². The van der Waals surface area contributed by atoms with Gasteiger partial charge in [0.05, 0.1) is 0 Å². The molecule has 2 heteroatoms. The average molecular weight is 475 g/mol. The summed E-state index contributed by atoms with van der Waals surface area (Å²) in [7, 11) is -2.11. The summed E-state index contributed by atoms with van der Waals surface area (Å²) in [6.07, 6.45) is 5.72. The summed E-state index contributed by atoms with van der Waals surface area (Å²) in [5.41, 5.74) is 7.84. The van der Waals surface area contributed by atoms with Gasteiger partial charge >= 0.3 is 0 Å². The largest absolute Gasteiger partial charge is 0.488 e. The zero-order valence-corrected chi connectivity index (χ0v) is 22.1. The molecule has 0 aromatic heterocycles. The summed E-state index contributed by atoms with van der Waals surface area (Å²) in [6.45, 7) is 7.58. The monoisotopic (exact) mass is 474 g/mol. The van der Waals surface area contributed by atoms with Gasteiger partial charge in [0.1, 0.15) is 20.4 Å². The van der Waals surface area contributed by atoms with Gasteiger partial charge < -0.3 is 4.74 Å². The fraction of sp³-hybridized carbons (Fsp3) is 0.212. The van der Waals surface area contributed by atoms with E-state index in [1.165, 1.54) is 38.6 Å². The lowest BCUT2D eigenvalue weighted by Crippen LogP contribution is -2.58. The Balaban J connectivity index is 1.74. The molecular formula is C33H34OSi. The van der Waals surface area contributed by atoms with E-state index in [4.69, 9.17) is 4.74 Å². The first-order valence-electron chi connectivity index (χ1n) is 12.8. The summed E-state index contributed by atoms with van der Waals surface area (Å²) in [5.74, 6) is 1.07. The van der Waals surface area contributed by atoms with Crippen LogP contribution >= 0.6 is 0 Å². The molecule has 1 nitrogen and oxygen atoms in total. The maximum atomic E-state index is 6.83. The first-order valence-corrected chi connectivity index (χ1v) is 15.2. The number of rotatable bonds is 8. The Labute approximate surface area is 211 Å². The van der Waals surface area contributed by atoms with Gasteiger partial charge in [0.15, 0.2) is 0 Å². The van der Waals surface area contributed by atoms with Gasteiger partial charge in [-0.1, -0.05) is 129 Å². The van der Waals surface area contributed by atoms with Crippen LogP contribution in [0.3, 0.4) is 0 Å². The van der Waals surface area contributed by atoms with Crippen LogP contribution in [0, 0.1) is 6.92 Å². The molecule has 0 N–H and O–H groups in total. The van der Waals surface area contributed by atoms with Crippen molar-refractivity contribution in [3.05, 3.63) is 119 Å². The van der Waals surface area contributed by atoms with Crippen LogP contribution in [0.4, 0.5) is 0 Å². The number of hydrogen-bond acceptors (Lipinski definition) is 1. The molecule has 0 saturated heterocycles. The van der Waals surface area contributed by atoms with Crippen LogP contribution < -0.4 is 15.1 Å². The molecule has 4 aromatic rings. The minimum atomic E-state index is -2.11. The van der Waals surface area contributed by atoms with Crippen molar-refractivity contribution in [3.63, 3.8) is 0 Å². The van der Waals surface area contributed by atoms with Crippen LogP contribution in [-0.2, 0) is 13.0 Å². The summed E-state index contributed by atoms with van der Waals surface area (Å²) >= 11 is 0. The maximum absolute atomic E-state index is 6.83. The number of benzene rings is 4. The van der Waals surface area contributed by atoms with Gasteiger partial charge in [0, 0.05) is 5.56 Å². The Morgan fingerprint density at radius 2 is 1.49 bits per heavy atom. The molecule has 0 bridgehead atoms. The standard InChI is InChI=1S/C33H34OSi/c1-4-35(5-2,31-21-13-19-27-18-12-20-29(27)31)32-23-25(3)22-30(28-16-10-7-11-17-28)33(32)34-24-26-14-8-6-9-15-26/h6-17,19-23H,4-5,18,24H2,1-3H3. The van der Waals surface area contributed by atoms with Gasteiger partial charge in [0.2, 0.25) is 0 Å². The zero-order valence-electron chi connectivity index (χ0n) is 21.1. The highest BCUT2D eigenvalue weighted by molar-refractivity contribution is 7.03. The molecule has 0 spiro atoms. The summed E-state index contributed by atoms with van der Waals surface area (Å²) in [5, 5.41) is 2.99. The quantitative estimate of drug-likeness (QED) is 0.242. The first-order chi connectivity index (χ1) is 17.2. The molecule has 0 saturated carbocycles. The number of fused-ring (bicyclic) bond motifs is 1. The van der Waals surface area contributed by atoms with Crippen molar-refractivity contribution in [2.75, 3.05) is 0 Å². The fourth-order valence-corrected chi connectivity index (χ4v) is 10.3. The van der Waals surface area contributed by atoms with E-state index in [0.29, 0.717) is 6.61 Å². The lowest BCUT2D eigenvalue weighted by Gasteiger charge is -2.35. The predicted molar refractivity (Wildman–Crippen MR) is 153 cm³/mol. The van der Waals surface area contributed by atoms with Gasteiger partial charge in [-0.3, -0.25) is 0 Å². The molecule has 0 fully saturated rings. The number of allylic oxidation sites excluding steroid dienone is 1. The number of hydrogen-bond donors (Lipinski definition) is 0. The second kappa shape index (κ2) is 10.1. The topological polar surface area (TPSA) is 9.23 Å². The molecule has 35 heavy (non-hydrogen) atoms. The lowest BCUT2D eigenvalue weighted by atomic mass is 10.0. The first kappa shape index (κ1) is 23.4. The number of ether oxygens (including phenoxy) is 1. The van der Waals surface area contributed by atoms with E-state index in [0.717, 1.165) is 24.3 Å². The van der Waals surface area contributed by atoms with Crippen molar-refractivity contribution < 1.29 is 4.74 Å². The Hall–Kier alpha value is -3.36. The van der Waals surface area contributed by atoms with Gasteiger partial charge in [0.25, 0.3) is 0 Å². The smallest absolute Gasteiger partial charge is 0.127 e. The predicted octanol–water partition coefficient (Wildman–Crippen LogP) is 7.41. The van der Waals surface area contributed by atoms with Crippen molar-refractivity contribution in [1.82, 2.24) is 0 Å². The highest BCUT2D eigenvalue weighted by Crippen LogP contribution is 2.35. The minimum absolute atomic E-state index is 0.571. The molecule has 0 amide bonds. The van der Waals surface area contributed by atoms with Crippen LogP contribution in [0.2, 0.25) is 12.1 Å². The average Bonchev–Trinajstić information content (AvgIpc) is 3.40. The van der Waals surface area contributed by atoms with Crippen LogP contribution in [-0.4, -0.2) is 8.07 Å². The van der Waals surface area contributed by atoms with Crippen LogP contribution in [0.5, 0.6) is 5.75 Å². The SMILES string of the molecule is CC[Si](CC)(c1cccc2c1C=CC2)c1cc(C)cc(-c2ccccc2)c1OCc1ccccc1. The summed E-state index contributed by atoms with van der Waals surface area (Å²) in [4.78, 5) is 0. The zero-order chi connectivity index (χ0) is 24.3. The highest BCUT2D eigenvalue weighted by Gasteiger charge is 2.39. The van der Waals surface area contributed by atoms with Crippen molar-refractivity contribution in [2.45, 2.75) is 45.9 Å². The third kappa shape index (κ3) is 4.39. The van der Waals surface area contributed by atoms with Gasteiger partial charge in [-0.05, 0) is 52.0 Å². The third-order valence-corrected chi connectivity index (χ3v) is 12.9. The second-order valence-corrected chi connectivity index (χ2v) is 14.3. The molecule has 4 aromatic carbocycles. The lowest BCUT2D eigenvalue weighted by molar-refractivity contribution is 0.310. The van der Waals surface area contributed by atoms with Gasteiger partial charge in [-0.15, -0.1) is 0 Å². The van der Waals surface area contributed by atoms with E-state index in [-0.39, 0.29) is 0 Å². The molecule has 0 aliphatic heterocycles. The second-order valence-electron chi connectivity index (χ2n) is 9.60. The van der Waals surface area contributed by atoms with Gasteiger partial charge in [-0.25, -0.2) is 0 Å². The molecule has 0 radical (unpaired) electrons. The molecule has 0 unspecified atom stereocenters. The van der Waals surface area contributed by atoms with Gasteiger partial charge in [-0.2, -0.15) is 0 Å². The van der Waals surface area contributed by atoms with E-state index in [1.54, 1.807) is 5.19 Å². The Morgan fingerprint density at radius 3 is 2.20 bits per heavy atom. The highest BCUT2D eigenvalue weighted by atomic mass is 28.3. The van der Waals surface area contributed by atoms with Crippen LogP contribution in [0.15, 0.2) is 97.1 Å². The Morgan fingerprint density at radius 1 is 0.771 bits per heavy atom. The molecule has 176 valence electrons. The fourth-order valence-electron chi connectivity index (χ4n) is 5.71. The molecule has 1 aliphatic carbocycles. The summed E-state index contributed by atoms with van der Waals surface area (Å²) in [6, 6.07) is 35.3. The van der Waals surface area contributed by atoms with Crippen molar-refractivity contribution in [2.24, 2.45) is 0 Å². The minimum Gasteiger partial charge on any atom is -0.488 e. The Bertz CT molecular complexity index is 1330. The Kier molecular flexibility index (Phi) is 6.74. The molecule has 1 aliphatic rings. The van der Waals surface area contributed by atoms with E-state index in [9.17, 15) is 0 Å². The normalized spacial score (nSPS) is 12.5. The summed E-state index contributed by atoms with van der Waals surface area (Å²) < 4.78 is 6.83. The third-order valence-electron chi connectivity index (χ3n) is 7.60. The molecule has 0 atom stereocenters. The van der Waals surface area contributed by atoms with E-state index in [1.807, 2.05) is 0 Å². The van der Waals surface area contributed by atoms with E-state index >= 15 is 0 Å². The molecule has 5 rings (SSSR count). The number of aryl methyl sites for hydroxylation is 1. The van der Waals surface area contributed by atoms with Crippen molar-refractivity contribution >= 4 is 24.5 Å². The van der Waals surface area contributed by atoms with Crippen LogP contribution in [0.1, 0.15) is 36.1 Å². The van der Waals surface area contributed by atoms with Crippen molar-refractivity contribution in [3.8, 4) is 16.9 Å². The maximum Gasteiger partial charge on any atom is 0.127 e. The van der Waals surface area contributed by atoms with E-state index in [2.05, 4.69) is 124 Å².